The second kappa shape index (κ2) is 35.2. The first-order chi connectivity index (χ1) is 58.6. The number of aromatic nitrogens is 4. The van der Waals surface area contributed by atoms with Crippen LogP contribution < -0.4 is 39.0 Å². The molecule has 0 saturated carbocycles. The molecule has 12 aromatic carbocycles. The minimum Gasteiger partial charge on any atom is -0.206 e. The Morgan fingerprint density at radius 1 is 0.328 bits per heavy atom. The van der Waals surface area contributed by atoms with Crippen LogP contribution in [0.3, 0.4) is 0 Å². The van der Waals surface area contributed by atoms with Crippen LogP contribution in [-0.2, 0) is 28.2 Å². The quantitative estimate of drug-likeness (QED) is 0.0808. The van der Waals surface area contributed by atoms with Gasteiger partial charge in [-0.3, -0.25) is 0 Å². The largest absolute Gasteiger partial charge is 0.220 e. The Bertz CT molecular complexity index is 6810. The molecule has 0 N–H and O–H groups in total. The number of pyridine rings is 4. The van der Waals surface area contributed by atoms with Crippen molar-refractivity contribution in [1.82, 2.24) is 0 Å². The van der Waals surface area contributed by atoms with Crippen molar-refractivity contribution in [2.75, 3.05) is 0 Å². The topological polar surface area (TPSA) is 15.5 Å². The maximum Gasteiger partial charge on any atom is 0.220 e. The summed E-state index contributed by atoms with van der Waals surface area (Å²) in [5.74, 6) is 0.174. The molecule has 9 heteroatoms. The molecule has 0 bridgehead atoms. The Kier molecular flexibility index (Phi) is 23.4. The Hall–Kier alpha value is -10.9. The molecular weight excluding hydrogens is 1510 g/mol. The van der Waals surface area contributed by atoms with Crippen LogP contribution in [0, 0.1) is 61.2 Å². The number of aryl methyl sites for hydroxylation is 3. The molecule has 119 heavy (non-hydrogen) atoms. The number of fused-ring (bicyclic) bond motifs is 4. The van der Waals surface area contributed by atoms with Crippen LogP contribution in [0.4, 0.5) is 4.39 Å². The minimum absolute atomic E-state index is 0.214. The van der Waals surface area contributed by atoms with Gasteiger partial charge < -0.3 is 0 Å². The first-order valence-electron chi connectivity index (χ1n) is 44.7. The molecule has 0 radical (unpaired) electrons. The van der Waals surface area contributed by atoms with Crippen LogP contribution in [0.5, 0.6) is 0 Å². The van der Waals surface area contributed by atoms with Crippen LogP contribution in [0.2, 0.25) is 72.0 Å². The summed E-state index contributed by atoms with van der Waals surface area (Å²) in [6.07, 6.45) is 0.255. The van der Waals surface area contributed by atoms with Crippen molar-refractivity contribution >= 4 is 96.9 Å². The van der Waals surface area contributed by atoms with Crippen molar-refractivity contribution in [2.24, 2.45) is 28.2 Å². The zero-order chi connectivity index (χ0) is 89.8. The van der Waals surface area contributed by atoms with Crippen LogP contribution >= 0.6 is 0 Å². The highest BCUT2D eigenvalue weighted by molar-refractivity contribution is 6.89. The van der Waals surface area contributed by atoms with Crippen molar-refractivity contribution in [3.05, 3.63) is 335 Å². The van der Waals surface area contributed by atoms with Crippen molar-refractivity contribution in [2.45, 2.75) is 147 Å². The van der Waals surface area contributed by atoms with Gasteiger partial charge in [-0.15, -0.1) is 0 Å². The van der Waals surface area contributed by atoms with Crippen molar-refractivity contribution in [1.29, 1.82) is 0 Å². The highest BCUT2D eigenvalue weighted by Gasteiger charge is 2.30. The van der Waals surface area contributed by atoms with E-state index >= 15 is 0 Å². The molecule has 0 unspecified atom stereocenters. The van der Waals surface area contributed by atoms with E-state index in [0.29, 0.717) is 35.7 Å². The molecule has 0 spiro atoms. The van der Waals surface area contributed by atoms with Gasteiger partial charge >= 0.3 is 0 Å². The monoisotopic (exact) mass is 1640 g/mol. The van der Waals surface area contributed by atoms with Gasteiger partial charge in [-0.05, 0) is 189 Å². The maximum absolute atomic E-state index is 14.9. The Balaban J connectivity index is 0.000000142. The fourth-order valence-corrected chi connectivity index (χ4v) is 21.0. The van der Waals surface area contributed by atoms with Crippen LogP contribution in [0.25, 0.3) is 133 Å². The smallest absolute Gasteiger partial charge is 0.206 e. The predicted octanol–water partition coefficient (Wildman–Crippen LogP) is 25.1. The molecule has 4 heterocycles. The van der Waals surface area contributed by atoms with E-state index in [4.69, 9.17) is 6.85 Å². The lowest BCUT2D eigenvalue weighted by molar-refractivity contribution is -0.665. The maximum atomic E-state index is 14.9. The standard InChI is InChI=1S/2C28H32NSi.C27H29FNSi.C27H30NSi/c1-19-15-23(22-11-9-8-10-12-22)18-27(21(19)3)28-26-14-13-25(30(5,6)7)17-24(26)16-20(2)29(28)4;1-19(2)26-17-23(21-10-8-7-9-11-21)18-27(20(26)3)28-25-13-12-24(30(5)6)16-22(25)14-15-29(28)4;1-18-14-26(28)25(20-10-8-7-9-11-20)17-24(18)27-23-13-12-22(30(4,5)6)16-21(23)15-19(2)29(27)3;1-19-12-13-22(21-10-8-7-9-11-21)18-26(19)27-25-15-14-24(29(4,5)6)17-23(25)16-20(2)28(27)3/h8-18H,1-7H3;7-19,30H,1-6H3;7-17H,1-6H3;7-18H,1-6H3/q4*+1/i16D;14D,15D;15D;16D. The first kappa shape index (κ1) is 79.2. The van der Waals surface area contributed by atoms with Crippen molar-refractivity contribution in [3.63, 3.8) is 0 Å². The highest BCUT2D eigenvalue weighted by Crippen LogP contribution is 2.40. The molecule has 0 aliphatic rings. The lowest BCUT2D eigenvalue weighted by Crippen LogP contribution is -2.38. The summed E-state index contributed by atoms with van der Waals surface area (Å²) >= 11 is 0. The summed E-state index contributed by atoms with van der Waals surface area (Å²) in [6, 6.07) is 89.7. The van der Waals surface area contributed by atoms with E-state index < -0.39 is 33.0 Å². The summed E-state index contributed by atoms with van der Waals surface area (Å²) < 4.78 is 67.1. The molecule has 4 aromatic heterocycles. The molecule has 0 aliphatic heterocycles. The Labute approximate surface area is 721 Å². The molecule has 16 aromatic rings. The summed E-state index contributed by atoms with van der Waals surface area (Å²) in [5, 5.41) is 13.9. The van der Waals surface area contributed by atoms with Crippen LogP contribution in [0.15, 0.2) is 279 Å². The third-order valence-corrected chi connectivity index (χ3v) is 32.1. The van der Waals surface area contributed by atoms with Gasteiger partial charge in [0.15, 0.2) is 23.3 Å². The van der Waals surface area contributed by atoms with Crippen LogP contribution in [0.1, 0.15) is 77.1 Å². The highest BCUT2D eigenvalue weighted by atomic mass is 28.3. The Morgan fingerprint density at radius 2 is 0.706 bits per heavy atom. The third-order valence-electron chi connectivity index (χ3n) is 24.3. The van der Waals surface area contributed by atoms with E-state index in [0.717, 1.165) is 93.8 Å². The Morgan fingerprint density at radius 3 is 1.13 bits per heavy atom. The van der Waals surface area contributed by atoms with E-state index in [1.165, 1.54) is 104 Å². The number of hydrogen-bond acceptors (Lipinski definition) is 0. The second-order valence-corrected chi connectivity index (χ2v) is 54.7. The fraction of sp³-hybridized carbons (Fsp3) is 0.236. The molecular formula is C110H123FN4Si4+4. The zero-order valence-electron chi connectivity index (χ0n) is 80.0. The van der Waals surface area contributed by atoms with E-state index in [1.807, 2.05) is 75.0 Å². The number of rotatable bonds is 13. The van der Waals surface area contributed by atoms with E-state index in [9.17, 15) is 4.39 Å². The molecule has 16 rings (SSSR count). The molecule has 0 amide bonds. The van der Waals surface area contributed by atoms with Crippen LogP contribution in [-0.4, -0.2) is 33.0 Å². The SMILES string of the molecule is [2H]c1c(C)[n+](C)c(-c2cc(-c3ccccc3)c(F)cc2C)c2ccc([Si](C)(C)C)cc12.[2H]c1c(C)[n+](C)c(-c2cc(-c3ccccc3)cc(C)c2C)c2ccc([Si](C)(C)C)cc12.[2H]c1c(C)[n+](C)c(-c2cc(-c3ccccc3)ccc2C)c2ccc([Si](C)(C)C)cc12.[2H]c1c([2H])[n+](C)c(-c2cc(-c3ccccc3)cc(C(C)C)c2C)c2ccc([SiH](C)C)cc12. The zero-order valence-corrected chi connectivity index (χ0v) is 79.1. The van der Waals surface area contributed by atoms with Gasteiger partial charge in [-0.2, -0.15) is 13.7 Å². The molecule has 0 saturated heterocycles. The van der Waals surface area contributed by atoms with E-state index in [2.05, 4.69) is 355 Å². The average molecular weight is 1640 g/mol. The van der Waals surface area contributed by atoms with Crippen molar-refractivity contribution < 1.29 is 29.5 Å². The number of halogens is 1. The normalized spacial score (nSPS) is 12.4. The molecule has 4 nitrogen and oxygen atoms in total. The van der Waals surface area contributed by atoms with Gasteiger partial charge in [-0.25, -0.2) is 8.96 Å². The van der Waals surface area contributed by atoms with Gasteiger partial charge in [0.05, 0.1) is 82.3 Å². The summed E-state index contributed by atoms with van der Waals surface area (Å²) in [4.78, 5) is 0. The minimum atomic E-state index is -1.51. The van der Waals surface area contributed by atoms with Gasteiger partial charge in [-0.1, -0.05) is 301 Å². The third kappa shape index (κ3) is 18.5. The predicted molar refractivity (Wildman–Crippen MR) is 523 cm³/mol. The average Bonchev–Trinajstić information content (AvgIpc) is 0.754. The van der Waals surface area contributed by atoms with E-state index in [1.54, 1.807) is 6.07 Å². The van der Waals surface area contributed by atoms with E-state index in [-0.39, 0.29) is 12.0 Å². The molecule has 0 atom stereocenters. The number of hydrogen-bond donors (Lipinski definition) is 0. The van der Waals surface area contributed by atoms with Gasteiger partial charge in [0.1, 0.15) is 35.4 Å². The van der Waals surface area contributed by atoms with Gasteiger partial charge in [0, 0.05) is 50.5 Å². The van der Waals surface area contributed by atoms with Crippen molar-refractivity contribution in [3.8, 4) is 89.5 Å². The second-order valence-electron chi connectivity index (χ2n) is 36.5. The number of nitrogens with zero attached hydrogens (tertiary/aromatic N) is 4. The summed E-state index contributed by atoms with van der Waals surface area (Å²) in [5.41, 5.74) is 28.0. The lowest BCUT2D eigenvalue weighted by Gasteiger charge is -2.18. The number of benzene rings is 12. The van der Waals surface area contributed by atoms with Gasteiger partial charge in [0.25, 0.3) is 0 Å². The lowest BCUT2D eigenvalue weighted by atomic mass is 9.87. The fourth-order valence-electron chi connectivity index (χ4n) is 16.5. The summed E-state index contributed by atoms with van der Waals surface area (Å²) in [7, 11) is 2.66. The molecule has 0 aliphatic carbocycles. The molecule has 602 valence electrons. The molecule has 0 fully saturated rings. The first-order valence-corrected chi connectivity index (χ1v) is 55.6. The van der Waals surface area contributed by atoms with Gasteiger partial charge in [0.2, 0.25) is 22.8 Å². The summed E-state index contributed by atoms with van der Waals surface area (Å²) in [6.45, 7) is 47.1.